The molecular formula is C9H7F3N2O3. The lowest BCUT2D eigenvalue weighted by Crippen LogP contribution is -2.29. The molecule has 0 spiro atoms. The van der Waals surface area contributed by atoms with Crippen molar-refractivity contribution in [1.82, 2.24) is 0 Å². The number of carbonyl (C=O) groups is 1. The topological polar surface area (TPSA) is 72.2 Å². The summed E-state index contributed by atoms with van der Waals surface area (Å²) >= 11 is 0. The van der Waals surface area contributed by atoms with Crippen LogP contribution in [0.1, 0.15) is 5.56 Å². The first kappa shape index (κ1) is 12.9. The SMILES string of the molecule is Cc1ccc(NC(=O)C(F)(F)F)cc1[N+](=O)[O-]. The van der Waals surface area contributed by atoms with Crippen molar-refractivity contribution in [3.05, 3.63) is 33.9 Å². The van der Waals surface area contributed by atoms with Gasteiger partial charge in [0.1, 0.15) is 0 Å². The molecule has 0 unspecified atom stereocenters. The number of hydrogen-bond donors (Lipinski definition) is 1. The molecule has 92 valence electrons. The number of halogens is 3. The molecule has 0 fully saturated rings. The largest absolute Gasteiger partial charge is 0.471 e. The van der Waals surface area contributed by atoms with Gasteiger partial charge in [-0.15, -0.1) is 0 Å². The minimum Gasteiger partial charge on any atom is -0.318 e. The van der Waals surface area contributed by atoms with Crippen LogP contribution < -0.4 is 5.32 Å². The Hall–Kier alpha value is -2.12. The smallest absolute Gasteiger partial charge is 0.318 e. The molecular weight excluding hydrogens is 241 g/mol. The number of nitrogens with zero attached hydrogens (tertiary/aromatic N) is 1. The van der Waals surface area contributed by atoms with Crippen molar-refractivity contribution in [2.24, 2.45) is 0 Å². The van der Waals surface area contributed by atoms with Crippen LogP contribution in [0.5, 0.6) is 0 Å². The molecule has 0 heterocycles. The van der Waals surface area contributed by atoms with Gasteiger partial charge in [-0.1, -0.05) is 6.07 Å². The van der Waals surface area contributed by atoms with Crippen molar-refractivity contribution in [3.8, 4) is 0 Å². The van der Waals surface area contributed by atoms with Crippen LogP contribution in [0, 0.1) is 17.0 Å². The summed E-state index contributed by atoms with van der Waals surface area (Å²) in [5, 5.41) is 12.1. The van der Waals surface area contributed by atoms with E-state index in [-0.39, 0.29) is 11.4 Å². The van der Waals surface area contributed by atoms with Crippen LogP contribution >= 0.6 is 0 Å². The van der Waals surface area contributed by atoms with E-state index in [1.165, 1.54) is 18.3 Å². The maximum atomic E-state index is 11.9. The van der Waals surface area contributed by atoms with Crippen LogP contribution in [0.2, 0.25) is 0 Å². The lowest BCUT2D eigenvalue weighted by atomic mass is 10.2. The van der Waals surface area contributed by atoms with E-state index in [0.717, 1.165) is 12.1 Å². The van der Waals surface area contributed by atoms with Crippen molar-refractivity contribution >= 4 is 17.3 Å². The van der Waals surface area contributed by atoms with Crippen molar-refractivity contribution in [2.75, 3.05) is 5.32 Å². The summed E-state index contributed by atoms with van der Waals surface area (Å²) in [4.78, 5) is 20.4. The standard InChI is InChI=1S/C9H7F3N2O3/c1-5-2-3-6(4-7(5)14(16)17)13-8(15)9(10,11)12/h2-4H,1H3,(H,13,15). The third-order valence-electron chi connectivity index (χ3n) is 1.92. The van der Waals surface area contributed by atoms with Crippen LogP contribution in [-0.2, 0) is 4.79 Å². The number of rotatable bonds is 2. The monoisotopic (exact) mass is 248 g/mol. The first-order chi connectivity index (χ1) is 7.71. The number of nitrogens with one attached hydrogen (secondary N) is 1. The van der Waals surface area contributed by atoms with Crippen LogP contribution in [0.25, 0.3) is 0 Å². The summed E-state index contributed by atoms with van der Waals surface area (Å²) in [7, 11) is 0. The van der Waals surface area contributed by atoms with Gasteiger partial charge in [0.05, 0.1) is 4.92 Å². The van der Waals surface area contributed by atoms with Crippen LogP contribution in [0.15, 0.2) is 18.2 Å². The fraction of sp³-hybridized carbons (Fsp3) is 0.222. The van der Waals surface area contributed by atoms with Crippen LogP contribution in [0.4, 0.5) is 24.5 Å². The molecule has 1 rings (SSSR count). The average molecular weight is 248 g/mol. The molecule has 0 aliphatic rings. The highest BCUT2D eigenvalue weighted by atomic mass is 19.4. The molecule has 1 aromatic rings. The molecule has 1 N–H and O–H groups in total. The summed E-state index contributed by atoms with van der Waals surface area (Å²) in [5.74, 6) is -2.17. The predicted molar refractivity (Wildman–Crippen MR) is 52.5 cm³/mol. The summed E-state index contributed by atoms with van der Waals surface area (Å²) in [6.45, 7) is 1.44. The molecule has 0 saturated heterocycles. The molecule has 0 bridgehead atoms. The average Bonchev–Trinajstić information content (AvgIpc) is 2.19. The van der Waals surface area contributed by atoms with Crippen molar-refractivity contribution in [3.63, 3.8) is 0 Å². The molecule has 17 heavy (non-hydrogen) atoms. The molecule has 0 saturated carbocycles. The zero-order chi connectivity index (χ0) is 13.2. The molecule has 0 aliphatic heterocycles. The molecule has 0 radical (unpaired) electrons. The van der Waals surface area contributed by atoms with Gasteiger partial charge in [-0.05, 0) is 13.0 Å². The Kier molecular flexibility index (Phi) is 3.35. The molecule has 0 aromatic heterocycles. The number of carbonyl (C=O) groups excluding carboxylic acids is 1. The van der Waals surface area contributed by atoms with E-state index in [0.29, 0.717) is 5.56 Å². The van der Waals surface area contributed by atoms with Crippen molar-refractivity contribution in [1.29, 1.82) is 0 Å². The maximum Gasteiger partial charge on any atom is 0.471 e. The summed E-state index contributed by atoms with van der Waals surface area (Å²) in [6.07, 6.45) is -5.03. The molecule has 8 heteroatoms. The second-order valence-electron chi connectivity index (χ2n) is 3.21. The summed E-state index contributed by atoms with van der Waals surface area (Å²) in [5.41, 5.74) is -0.338. The Morgan fingerprint density at radius 1 is 1.41 bits per heavy atom. The number of alkyl halides is 3. The fourth-order valence-electron chi connectivity index (χ4n) is 1.09. The van der Waals surface area contributed by atoms with Gasteiger partial charge in [-0.3, -0.25) is 14.9 Å². The van der Waals surface area contributed by atoms with E-state index in [2.05, 4.69) is 0 Å². The van der Waals surface area contributed by atoms with Gasteiger partial charge in [0.15, 0.2) is 0 Å². The maximum absolute atomic E-state index is 11.9. The number of nitro groups is 1. The minimum absolute atomic E-state index is 0.273. The van der Waals surface area contributed by atoms with Crippen molar-refractivity contribution in [2.45, 2.75) is 13.1 Å². The first-order valence-electron chi connectivity index (χ1n) is 4.35. The van der Waals surface area contributed by atoms with Gasteiger partial charge >= 0.3 is 12.1 Å². The highest BCUT2D eigenvalue weighted by molar-refractivity contribution is 5.95. The van der Waals surface area contributed by atoms with E-state index in [1.54, 1.807) is 0 Å². The van der Waals surface area contributed by atoms with Gasteiger partial charge in [0, 0.05) is 17.3 Å². The number of hydrogen-bond acceptors (Lipinski definition) is 3. The van der Waals surface area contributed by atoms with Crippen molar-refractivity contribution < 1.29 is 22.9 Å². The van der Waals surface area contributed by atoms with Gasteiger partial charge in [-0.25, -0.2) is 0 Å². The third-order valence-corrected chi connectivity index (χ3v) is 1.92. The lowest BCUT2D eigenvalue weighted by Gasteiger charge is -2.08. The normalized spacial score (nSPS) is 11.1. The third kappa shape index (κ3) is 3.16. The molecule has 0 aliphatic carbocycles. The Bertz CT molecular complexity index is 471. The second-order valence-corrected chi connectivity index (χ2v) is 3.21. The molecule has 1 aromatic carbocycles. The number of benzene rings is 1. The highest BCUT2D eigenvalue weighted by Gasteiger charge is 2.38. The van der Waals surface area contributed by atoms with E-state index >= 15 is 0 Å². The van der Waals surface area contributed by atoms with Gasteiger partial charge in [0.2, 0.25) is 0 Å². The quantitative estimate of drug-likeness (QED) is 0.645. The first-order valence-corrected chi connectivity index (χ1v) is 4.35. The van der Waals surface area contributed by atoms with E-state index in [9.17, 15) is 28.1 Å². The number of amides is 1. The number of aryl methyl sites for hydroxylation is 1. The Morgan fingerprint density at radius 3 is 2.47 bits per heavy atom. The van der Waals surface area contributed by atoms with Crippen LogP contribution in [0.3, 0.4) is 0 Å². The summed E-state index contributed by atoms with van der Waals surface area (Å²) < 4.78 is 35.8. The van der Waals surface area contributed by atoms with Crippen LogP contribution in [-0.4, -0.2) is 17.0 Å². The van der Waals surface area contributed by atoms with Gasteiger partial charge in [0.25, 0.3) is 5.69 Å². The zero-order valence-corrected chi connectivity index (χ0v) is 8.54. The lowest BCUT2D eigenvalue weighted by molar-refractivity contribution is -0.385. The highest BCUT2D eigenvalue weighted by Crippen LogP contribution is 2.24. The van der Waals surface area contributed by atoms with E-state index < -0.39 is 17.0 Å². The fourth-order valence-corrected chi connectivity index (χ4v) is 1.09. The van der Waals surface area contributed by atoms with E-state index in [1.807, 2.05) is 0 Å². The minimum atomic E-state index is -5.03. The van der Waals surface area contributed by atoms with E-state index in [4.69, 9.17) is 0 Å². The second kappa shape index (κ2) is 4.40. The summed E-state index contributed by atoms with van der Waals surface area (Å²) in [6, 6.07) is 3.29. The molecule has 5 nitrogen and oxygen atoms in total. The number of nitro benzene ring substituents is 1. The predicted octanol–water partition coefficient (Wildman–Crippen LogP) is 2.40. The Balaban J connectivity index is 2.98. The van der Waals surface area contributed by atoms with Gasteiger partial charge < -0.3 is 5.32 Å². The zero-order valence-electron chi connectivity index (χ0n) is 8.54. The molecule has 0 atom stereocenters. The van der Waals surface area contributed by atoms with Gasteiger partial charge in [-0.2, -0.15) is 13.2 Å². The number of anilines is 1. The Morgan fingerprint density at radius 2 is 2.00 bits per heavy atom. The Labute approximate surface area is 93.4 Å². The molecule has 1 amide bonds.